The molecule has 0 aromatic heterocycles. The van der Waals surface area contributed by atoms with Crippen molar-refractivity contribution in [2.75, 3.05) is 9.80 Å². The Labute approximate surface area is 415 Å². The molecule has 2 heteroatoms. The van der Waals surface area contributed by atoms with Crippen molar-refractivity contribution in [1.29, 1.82) is 0 Å². The molecule has 2 nitrogen and oxygen atoms in total. The van der Waals surface area contributed by atoms with E-state index in [1.54, 1.807) is 0 Å². The Morgan fingerprint density at radius 1 is 0.286 bits per heavy atom. The highest BCUT2D eigenvalue weighted by molar-refractivity contribution is 5.90. The summed E-state index contributed by atoms with van der Waals surface area (Å²) in [5, 5.41) is 0. The van der Waals surface area contributed by atoms with E-state index in [1.807, 2.05) is 0 Å². The number of benzene rings is 9. The Morgan fingerprint density at radius 3 is 0.857 bits per heavy atom. The van der Waals surface area contributed by atoms with Crippen molar-refractivity contribution in [2.45, 2.75) is 66.2 Å². The van der Waals surface area contributed by atoms with Crippen molar-refractivity contribution in [2.24, 2.45) is 0 Å². The lowest BCUT2D eigenvalue weighted by Gasteiger charge is -2.30. The molecular formula is C68H60N2. The topological polar surface area (TPSA) is 6.48 Å². The Balaban J connectivity index is 0.806. The van der Waals surface area contributed by atoms with E-state index in [0.29, 0.717) is 0 Å². The molecule has 0 N–H and O–H groups in total. The van der Waals surface area contributed by atoms with Gasteiger partial charge in [0.1, 0.15) is 0 Å². The molecule has 9 aromatic rings. The molecule has 342 valence electrons. The van der Waals surface area contributed by atoms with Crippen molar-refractivity contribution >= 4 is 58.4 Å². The van der Waals surface area contributed by atoms with Crippen molar-refractivity contribution in [3.8, 4) is 22.3 Å². The van der Waals surface area contributed by atoms with Crippen LogP contribution in [0.4, 0.5) is 34.1 Å². The third-order valence-electron chi connectivity index (χ3n) is 15.2. The molecule has 11 rings (SSSR count). The van der Waals surface area contributed by atoms with Gasteiger partial charge in [0, 0.05) is 45.0 Å². The highest BCUT2D eigenvalue weighted by atomic mass is 15.2. The molecule has 2 aliphatic rings. The highest BCUT2D eigenvalue weighted by Crippen LogP contribution is 2.53. The second kappa shape index (κ2) is 17.5. The minimum absolute atomic E-state index is 0.157. The summed E-state index contributed by atoms with van der Waals surface area (Å²) in [6.07, 6.45) is 8.98. The second-order valence-corrected chi connectivity index (χ2v) is 20.5. The van der Waals surface area contributed by atoms with Crippen LogP contribution in [-0.4, -0.2) is 0 Å². The van der Waals surface area contributed by atoms with Crippen molar-refractivity contribution in [3.63, 3.8) is 0 Å². The van der Waals surface area contributed by atoms with Gasteiger partial charge in [-0.3, -0.25) is 0 Å². The number of anilines is 6. The average molecular weight is 905 g/mol. The van der Waals surface area contributed by atoms with Gasteiger partial charge in [-0.05, 0) is 165 Å². The Hall–Kier alpha value is -7.94. The van der Waals surface area contributed by atoms with Crippen LogP contribution in [0.5, 0.6) is 0 Å². The van der Waals surface area contributed by atoms with Gasteiger partial charge >= 0.3 is 0 Å². The van der Waals surface area contributed by atoms with Gasteiger partial charge < -0.3 is 9.80 Å². The number of fused-ring (bicyclic) bond motifs is 6. The summed E-state index contributed by atoms with van der Waals surface area (Å²) >= 11 is 0. The molecule has 0 saturated carbocycles. The van der Waals surface area contributed by atoms with E-state index in [1.165, 1.54) is 123 Å². The fourth-order valence-corrected chi connectivity index (χ4v) is 11.1. The van der Waals surface area contributed by atoms with Crippen molar-refractivity contribution in [1.82, 2.24) is 0 Å². The van der Waals surface area contributed by atoms with Crippen LogP contribution in [0, 0.1) is 27.7 Å². The molecule has 0 amide bonds. The molecule has 0 unspecified atom stereocenters. The van der Waals surface area contributed by atoms with E-state index in [0.717, 1.165) is 0 Å². The van der Waals surface area contributed by atoms with E-state index in [2.05, 4.69) is 284 Å². The Morgan fingerprint density at radius 2 is 0.543 bits per heavy atom. The van der Waals surface area contributed by atoms with Gasteiger partial charge in [-0.2, -0.15) is 0 Å². The molecular weight excluding hydrogens is 845 g/mol. The van der Waals surface area contributed by atoms with Gasteiger partial charge in [0.05, 0.1) is 0 Å². The fraction of sp³-hybridized carbons (Fsp3) is 0.147. The van der Waals surface area contributed by atoms with Crippen LogP contribution >= 0.6 is 0 Å². The summed E-state index contributed by atoms with van der Waals surface area (Å²) in [5.41, 5.74) is 27.3. The number of aryl methyl sites for hydroxylation is 4. The van der Waals surface area contributed by atoms with Crippen molar-refractivity contribution in [3.05, 3.63) is 261 Å². The molecule has 0 aliphatic heterocycles. The molecule has 0 heterocycles. The van der Waals surface area contributed by atoms with Crippen LogP contribution in [0.2, 0.25) is 0 Å². The van der Waals surface area contributed by atoms with Gasteiger partial charge in [-0.1, -0.05) is 198 Å². The molecule has 0 fully saturated rings. The maximum absolute atomic E-state index is 2.43. The summed E-state index contributed by atoms with van der Waals surface area (Å²) in [7, 11) is 0. The summed E-state index contributed by atoms with van der Waals surface area (Å²) in [6, 6.07) is 71.7. The average Bonchev–Trinajstić information content (AvgIpc) is 3.73. The number of para-hydroxylation sites is 4. The first-order valence-electron chi connectivity index (χ1n) is 24.7. The van der Waals surface area contributed by atoms with Crippen molar-refractivity contribution < 1.29 is 0 Å². The normalized spacial score (nSPS) is 13.8. The lowest BCUT2D eigenvalue weighted by Crippen LogP contribution is -2.17. The van der Waals surface area contributed by atoms with Gasteiger partial charge in [0.25, 0.3) is 0 Å². The Bertz CT molecular complexity index is 3220. The predicted octanol–water partition coefficient (Wildman–Crippen LogP) is 18.8. The van der Waals surface area contributed by atoms with E-state index in [9.17, 15) is 0 Å². The number of nitrogens with zero attached hydrogens (tertiary/aromatic N) is 2. The third-order valence-corrected chi connectivity index (χ3v) is 15.2. The standard InChI is InChI=1S/C68H60N2/c1-45-17-9-13-21-63(45)69(64-22-14-10-18-46(64)2)53-35-39-57-55-37-33-51(41-59(55)67(5,6)61(57)43-53)31-29-49-25-27-50(28-26-49)30-32-52-34-38-56-58-40-36-54(44-62(58)68(7,8)60(56)42-52)70(65-23-15-11-19-47(65)3)66-24-16-12-20-48(66)4/h9-44H,1-8H3/b31-29+,32-30+. The first-order chi connectivity index (χ1) is 33.9. The van der Waals surface area contributed by atoms with Crippen LogP contribution in [0.1, 0.15) is 94.5 Å². The first-order valence-corrected chi connectivity index (χ1v) is 24.7. The smallest absolute Gasteiger partial charge is 0.0490 e. The monoisotopic (exact) mass is 904 g/mol. The van der Waals surface area contributed by atoms with Crippen LogP contribution in [0.25, 0.3) is 46.6 Å². The molecule has 0 radical (unpaired) electrons. The molecule has 0 spiro atoms. The molecule has 70 heavy (non-hydrogen) atoms. The zero-order valence-corrected chi connectivity index (χ0v) is 41.7. The summed E-state index contributed by atoms with van der Waals surface area (Å²) in [5.74, 6) is 0. The quantitative estimate of drug-likeness (QED) is 0.126. The minimum Gasteiger partial charge on any atom is -0.310 e. The van der Waals surface area contributed by atoms with E-state index >= 15 is 0 Å². The van der Waals surface area contributed by atoms with Gasteiger partial charge in [-0.15, -0.1) is 0 Å². The number of hydrogen-bond acceptors (Lipinski definition) is 2. The first kappa shape index (κ1) is 44.6. The molecule has 0 atom stereocenters. The van der Waals surface area contributed by atoms with Gasteiger partial charge in [0.15, 0.2) is 0 Å². The van der Waals surface area contributed by atoms with Crippen LogP contribution in [-0.2, 0) is 10.8 Å². The van der Waals surface area contributed by atoms with Gasteiger partial charge in [-0.25, -0.2) is 0 Å². The van der Waals surface area contributed by atoms with Crippen LogP contribution < -0.4 is 9.80 Å². The minimum atomic E-state index is -0.157. The summed E-state index contributed by atoms with van der Waals surface area (Å²) in [6.45, 7) is 18.3. The van der Waals surface area contributed by atoms with Crippen LogP contribution in [0.15, 0.2) is 194 Å². The van der Waals surface area contributed by atoms with E-state index in [-0.39, 0.29) is 10.8 Å². The third kappa shape index (κ3) is 7.78. The molecule has 0 bridgehead atoms. The van der Waals surface area contributed by atoms with E-state index in [4.69, 9.17) is 0 Å². The lowest BCUT2D eigenvalue weighted by molar-refractivity contribution is 0.660. The zero-order chi connectivity index (χ0) is 48.3. The fourth-order valence-electron chi connectivity index (χ4n) is 11.1. The zero-order valence-electron chi connectivity index (χ0n) is 41.7. The summed E-state index contributed by atoms with van der Waals surface area (Å²) in [4.78, 5) is 4.85. The molecule has 0 saturated heterocycles. The maximum atomic E-state index is 2.43. The second-order valence-electron chi connectivity index (χ2n) is 20.5. The number of rotatable bonds is 10. The largest absolute Gasteiger partial charge is 0.310 e. The van der Waals surface area contributed by atoms with Crippen LogP contribution in [0.3, 0.4) is 0 Å². The lowest BCUT2D eigenvalue weighted by atomic mass is 9.81. The Kier molecular flexibility index (Phi) is 11.2. The van der Waals surface area contributed by atoms with E-state index < -0.39 is 0 Å². The SMILES string of the molecule is Cc1ccccc1N(c1ccc2c(c1)C(C)(C)c1cc(/C=C/c3ccc(/C=C/c4ccc5c(c4)C(C)(C)c4cc(N(c6ccccc6C)c6ccccc6C)ccc4-5)cc3)ccc1-2)c1ccccc1C. The molecule has 2 aliphatic carbocycles. The highest BCUT2D eigenvalue weighted by Gasteiger charge is 2.38. The summed E-state index contributed by atoms with van der Waals surface area (Å²) < 4.78 is 0. The predicted molar refractivity (Wildman–Crippen MR) is 301 cm³/mol. The maximum Gasteiger partial charge on any atom is 0.0490 e. The number of hydrogen-bond donors (Lipinski definition) is 0. The molecule has 9 aromatic carbocycles. The van der Waals surface area contributed by atoms with Gasteiger partial charge in [0.2, 0.25) is 0 Å².